The second-order valence-corrected chi connectivity index (χ2v) is 5.12. The first-order valence-electron chi connectivity index (χ1n) is 6.06. The highest BCUT2D eigenvalue weighted by molar-refractivity contribution is 7.07. The number of alkyl halides is 2. The Morgan fingerprint density at radius 1 is 1.45 bits per heavy atom. The van der Waals surface area contributed by atoms with Gasteiger partial charge in [0.1, 0.15) is 6.54 Å². The zero-order valence-electron chi connectivity index (χ0n) is 11.3. The Hall–Kier alpha value is -2.29. The lowest BCUT2D eigenvalue weighted by Gasteiger charge is -2.09. The predicted octanol–water partition coefficient (Wildman–Crippen LogP) is 2.60. The van der Waals surface area contributed by atoms with Crippen molar-refractivity contribution in [1.82, 2.24) is 4.57 Å². The van der Waals surface area contributed by atoms with Crippen molar-refractivity contribution in [2.75, 3.05) is 5.32 Å². The van der Waals surface area contributed by atoms with Crippen LogP contribution in [-0.2, 0) is 11.3 Å². The van der Waals surface area contributed by atoms with Crippen molar-refractivity contribution in [1.29, 1.82) is 0 Å². The molecule has 0 saturated carbocycles. The van der Waals surface area contributed by atoms with Crippen LogP contribution in [0, 0.1) is 12.7 Å². The smallest absolute Gasteiger partial charge is 0.387 e. The Morgan fingerprint density at radius 2 is 2.18 bits per heavy atom. The molecule has 1 N–H and O–H groups in total. The highest BCUT2D eigenvalue weighted by Gasteiger charge is 2.12. The summed E-state index contributed by atoms with van der Waals surface area (Å²) in [4.78, 5) is 23.0. The summed E-state index contributed by atoms with van der Waals surface area (Å²) < 4.78 is 42.7. The van der Waals surface area contributed by atoms with Crippen LogP contribution < -0.4 is 14.9 Å². The van der Waals surface area contributed by atoms with Crippen LogP contribution in [0.4, 0.5) is 18.9 Å². The van der Waals surface area contributed by atoms with E-state index in [4.69, 9.17) is 0 Å². The number of aryl methyl sites for hydroxylation is 1. The molecule has 22 heavy (non-hydrogen) atoms. The second-order valence-electron chi connectivity index (χ2n) is 4.30. The van der Waals surface area contributed by atoms with E-state index in [9.17, 15) is 22.8 Å². The van der Waals surface area contributed by atoms with Crippen LogP contribution in [0.15, 0.2) is 28.4 Å². The number of ether oxygens (including phenoxy) is 1. The Kier molecular flexibility index (Phi) is 4.86. The zero-order chi connectivity index (χ0) is 16.3. The van der Waals surface area contributed by atoms with Gasteiger partial charge >= 0.3 is 11.5 Å². The van der Waals surface area contributed by atoms with Gasteiger partial charge < -0.3 is 10.1 Å². The second kappa shape index (κ2) is 6.65. The van der Waals surface area contributed by atoms with Gasteiger partial charge in [0.2, 0.25) is 5.91 Å². The molecule has 2 rings (SSSR count). The molecule has 0 atom stereocenters. The number of carbonyl (C=O) groups is 1. The molecule has 0 radical (unpaired) electrons. The molecule has 2 aromatic rings. The van der Waals surface area contributed by atoms with Gasteiger partial charge in [-0.25, -0.2) is 4.39 Å². The van der Waals surface area contributed by atoms with Crippen molar-refractivity contribution in [3.8, 4) is 5.75 Å². The summed E-state index contributed by atoms with van der Waals surface area (Å²) in [5.74, 6) is -2.18. The highest BCUT2D eigenvalue weighted by Crippen LogP contribution is 2.22. The van der Waals surface area contributed by atoms with E-state index in [0.29, 0.717) is 5.69 Å². The minimum absolute atomic E-state index is 0.0741. The van der Waals surface area contributed by atoms with Crippen LogP contribution in [0.5, 0.6) is 5.75 Å². The number of rotatable bonds is 5. The predicted molar refractivity (Wildman–Crippen MR) is 75.0 cm³/mol. The number of hydrogen-bond donors (Lipinski definition) is 1. The zero-order valence-corrected chi connectivity index (χ0v) is 12.1. The SMILES string of the molecule is Cc1csc(=O)n1CC(=O)Nc1ccc(OC(F)F)c(F)c1. The average molecular weight is 332 g/mol. The summed E-state index contributed by atoms with van der Waals surface area (Å²) in [6.07, 6.45) is 0. The number of thiazole rings is 1. The molecule has 0 bridgehead atoms. The normalized spacial score (nSPS) is 10.8. The maximum atomic E-state index is 13.5. The number of hydrogen-bond acceptors (Lipinski definition) is 4. The van der Waals surface area contributed by atoms with E-state index >= 15 is 0 Å². The van der Waals surface area contributed by atoms with E-state index < -0.39 is 24.1 Å². The van der Waals surface area contributed by atoms with Crippen LogP contribution in [0.2, 0.25) is 0 Å². The van der Waals surface area contributed by atoms with Crippen LogP contribution >= 0.6 is 11.3 Å². The number of nitrogens with one attached hydrogen (secondary N) is 1. The summed E-state index contributed by atoms with van der Waals surface area (Å²) in [7, 11) is 0. The monoisotopic (exact) mass is 332 g/mol. The first-order valence-corrected chi connectivity index (χ1v) is 6.94. The van der Waals surface area contributed by atoms with Crippen molar-refractivity contribution >= 4 is 22.9 Å². The molecule has 1 heterocycles. The molecule has 0 fully saturated rings. The summed E-state index contributed by atoms with van der Waals surface area (Å²) in [5.41, 5.74) is 0.710. The number of nitrogens with zero attached hydrogens (tertiary/aromatic N) is 1. The fraction of sp³-hybridized carbons (Fsp3) is 0.231. The van der Waals surface area contributed by atoms with Crippen molar-refractivity contribution in [3.05, 3.63) is 44.8 Å². The number of halogens is 3. The maximum Gasteiger partial charge on any atom is 0.387 e. The van der Waals surface area contributed by atoms with Gasteiger partial charge in [-0.2, -0.15) is 8.78 Å². The largest absolute Gasteiger partial charge is 0.432 e. The van der Waals surface area contributed by atoms with Crippen LogP contribution in [-0.4, -0.2) is 17.1 Å². The van der Waals surface area contributed by atoms with Crippen molar-refractivity contribution in [2.45, 2.75) is 20.1 Å². The third kappa shape index (κ3) is 3.88. The Balaban J connectivity index is 2.06. The summed E-state index contributed by atoms with van der Waals surface area (Å²) in [6.45, 7) is -1.67. The van der Waals surface area contributed by atoms with Crippen molar-refractivity contribution in [2.24, 2.45) is 0 Å². The van der Waals surface area contributed by atoms with Gasteiger partial charge in [-0.3, -0.25) is 14.2 Å². The third-order valence-corrected chi connectivity index (χ3v) is 3.59. The Bertz CT molecular complexity index is 742. The van der Waals surface area contributed by atoms with E-state index in [1.165, 1.54) is 10.6 Å². The first kappa shape index (κ1) is 16.1. The van der Waals surface area contributed by atoms with Gasteiger partial charge in [0.05, 0.1) is 0 Å². The lowest BCUT2D eigenvalue weighted by Crippen LogP contribution is -2.25. The first-order chi connectivity index (χ1) is 10.4. The van der Waals surface area contributed by atoms with E-state index in [0.717, 1.165) is 23.5 Å². The molecule has 0 saturated heterocycles. The number of aromatic nitrogens is 1. The minimum atomic E-state index is -3.14. The van der Waals surface area contributed by atoms with Crippen LogP contribution in [0.3, 0.4) is 0 Å². The van der Waals surface area contributed by atoms with Gasteiger partial charge in [0, 0.05) is 22.8 Å². The highest BCUT2D eigenvalue weighted by atomic mass is 32.1. The Labute approximate surface area is 127 Å². The molecule has 0 spiro atoms. The summed E-state index contributed by atoms with van der Waals surface area (Å²) in [5, 5.41) is 4.00. The molecule has 0 unspecified atom stereocenters. The average Bonchev–Trinajstić information content (AvgIpc) is 2.73. The van der Waals surface area contributed by atoms with Gasteiger partial charge in [0.25, 0.3) is 0 Å². The molecule has 0 aliphatic heterocycles. The Morgan fingerprint density at radius 3 is 2.73 bits per heavy atom. The lowest BCUT2D eigenvalue weighted by atomic mass is 10.3. The topological polar surface area (TPSA) is 60.3 Å². The molecular weight excluding hydrogens is 321 g/mol. The molecule has 0 aliphatic rings. The van der Waals surface area contributed by atoms with Gasteiger partial charge in [0.15, 0.2) is 11.6 Å². The molecule has 5 nitrogen and oxygen atoms in total. The minimum Gasteiger partial charge on any atom is -0.432 e. The molecule has 1 amide bonds. The number of carbonyl (C=O) groups excluding carboxylic acids is 1. The van der Waals surface area contributed by atoms with Crippen molar-refractivity contribution in [3.63, 3.8) is 0 Å². The van der Waals surface area contributed by atoms with Crippen molar-refractivity contribution < 1.29 is 22.7 Å². The third-order valence-electron chi connectivity index (χ3n) is 2.71. The van der Waals surface area contributed by atoms with Crippen LogP contribution in [0.1, 0.15) is 5.69 Å². The molecule has 118 valence electrons. The quantitative estimate of drug-likeness (QED) is 0.915. The standard InChI is InChI=1S/C13H11F3N2O3S/c1-7-6-22-13(20)18(7)5-11(19)17-8-2-3-10(9(14)4-8)21-12(15)16/h2-4,6,12H,5H2,1H3,(H,17,19). The molecular formula is C13H11F3N2O3S. The number of amides is 1. The molecule has 1 aromatic heterocycles. The maximum absolute atomic E-state index is 13.5. The number of benzene rings is 1. The molecule has 9 heteroatoms. The molecule has 0 aliphatic carbocycles. The van der Waals surface area contributed by atoms with E-state index in [2.05, 4.69) is 10.1 Å². The van der Waals surface area contributed by atoms with Gasteiger partial charge in [-0.15, -0.1) is 0 Å². The van der Waals surface area contributed by atoms with Gasteiger partial charge in [-0.05, 0) is 19.1 Å². The summed E-state index contributed by atoms with van der Waals surface area (Å²) >= 11 is 0.969. The fourth-order valence-electron chi connectivity index (χ4n) is 1.71. The lowest BCUT2D eigenvalue weighted by molar-refractivity contribution is -0.116. The molecule has 1 aromatic carbocycles. The fourth-order valence-corrected chi connectivity index (χ4v) is 2.44. The van der Waals surface area contributed by atoms with E-state index in [-0.39, 0.29) is 17.1 Å². The summed E-state index contributed by atoms with van der Waals surface area (Å²) in [6, 6.07) is 3.07. The van der Waals surface area contributed by atoms with Gasteiger partial charge in [-0.1, -0.05) is 11.3 Å². The van der Waals surface area contributed by atoms with Crippen LogP contribution in [0.25, 0.3) is 0 Å². The number of anilines is 1. The van der Waals surface area contributed by atoms with E-state index in [1.54, 1.807) is 12.3 Å². The van der Waals surface area contributed by atoms with E-state index in [1.807, 2.05) is 0 Å².